The summed E-state index contributed by atoms with van der Waals surface area (Å²) in [5, 5.41) is 10.0. The summed E-state index contributed by atoms with van der Waals surface area (Å²) in [7, 11) is 0. The molecule has 1 aromatic carbocycles. The molecule has 0 aromatic heterocycles. The fourth-order valence-corrected chi connectivity index (χ4v) is 2.92. The zero-order valence-corrected chi connectivity index (χ0v) is 13.2. The Morgan fingerprint density at radius 1 is 1.29 bits per heavy atom. The lowest BCUT2D eigenvalue weighted by Gasteiger charge is -2.15. The number of halogens is 2. The highest BCUT2D eigenvalue weighted by Gasteiger charge is 2.36. The molecule has 1 heterocycles. The van der Waals surface area contributed by atoms with Crippen LogP contribution in [0, 0.1) is 11.8 Å². The van der Waals surface area contributed by atoms with Crippen LogP contribution in [0.15, 0.2) is 18.2 Å². The molecule has 4 nitrogen and oxygen atoms in total. The second-order valence-corrected chi connectivity index (χ2v) is 6.28. The van der Waals surface area contributed by atoms with Gasteiger partial charge in [0.2, 0.25) is 5.91 Å². The maximum atomic E-state index is 12.2. The van der Waals surface area contributed by atoms with Gasteiger partial charge in [0.15, 0.2) is 0 Å². The molecule has 1 N–H and O–H groups in total. The van der Waals surface area contributed by atoms with Crippen LogP contribution in [0.3, 0.4) is 0 Å². The van der Waals surface area contributed by atoms with Gasteiger partial charge in [0.05, 0.1) is 16.0 Å². The number of hydrogen-bond acceptors (Lipinski definition) is 2. The first kappa shape index (κ1) is 16.1. The first-order valence-corrected chi connectivity index (χ1v) is 7.58. The average Bonchev–Trinajstić information content (AvgIpc) is 2.82. The highest BCUT2D eigenvalue weighted by molar-refractivity contribution is 6.42. The molecule has 1 fully saturated rings. The molecule has 6 heteroatoms. The van der Waals surface area contributed by atoms with Crippen LogP contribution < -0.4 is 0 Å². The van der Waals surface area contributed by atoms with Crippen LogP contribution in [-0.4, -0.2) is 35.0 Å². The van der Waals surface area contributed by atoms with Crippen LogP contribution in [0.1, 0.15) is 18.9 Å². The van der Waals surface area contributed by atoms with Crippen LogP contribution >= 0.6 is 23.2 Å². The molecule has 0 spiro atoms. The van der Waals surface area contributed by atoms with Crippen LogP contribution in [0.25, 0.3) is 0 Å². The molecular formula is C15H17Cl2NO3. The van der Waals surface area contributed by atoms with Crippen LogP contribution in [0.4, 0.5) is 0 Å². The number of likely N-dealkylation sites (tertiary alicyclic amines) is 1. The minimum Gasteiger partial charge on any atom is -0.481 e. The summed E-state index contributed by atoms with van der Waals surface area (Å²) >= 11 is 11.8. The quantitative estimate of drug-likeness (QED) is 0.923. The highest BCUT2D eigenvalue weighted by Crippen LogP contribution is 2.25. The Balaban J connectivity index is 1.90. The van der Waals surface area contributed by atoms with Crippen LogP contribution in [0.2, 0.25) is 10.0 Å². The summed E-state index contributed by atoms with van der Waals surface area (Å²) in [6.45, 7) is 2.68. The van der Waals surface area contributed by atoms with E-state index in [1.807, 2.05) is 13.0 Å². The molecule has 2 rings (SSSR count). The van der Waals surface area contributed by atoms with Crippen molar-refractivity contribution in [2.75, 3.05) is 13.1 Å². The normalized spacial score (nSPS) is 21.6. The molecule has 114 valence electrons. The van der Waals surface area contributed by atoms with E-state index in [0.717, 1.165) is 5.56 Å². The fourth-order valence-electron chi connectivity index (χ4n) is 2.60. The highest BCUT2D eigenvalue weighted by atomic mass is 35.5. The van der Waals surface area contributed by atoms with Gasteiger partial charge < -0.3 is 10.0 Å². The molecule has 2 atom stereocenters. The van der Waals surface area contributed by atoms with E-state index in [1.54, 1.807) is 17.0 Å². The number of rotatable bonds is 4. The molecule has 1 amide bonds. The molecule has 0 saturated carbocycles. The van der Waals surface area contributed by atoms with Crippen molar-refractivity contribution in [3.63, 3.8) is 0 Å². The molecule has 21 heavy (non-hydrogen) atoms. The number of carbonyl (C=O) groups excluding carboxylic acids is 1. The van der Waals surface area contributed by atoms with E-state index in [0.29, 0.717) is 36.0 Å². The van der Waals surface area contributed by atoms with Gasteiger partial charge in [-0.05, 0) is 30.0 Å². The largest absolute Gasteiger partial charge is 0.481 e. The standard InChI is InChI=1S/C15H17Cl2NO3/c1-9-7-18(8-11(9)15(20)21)14(19)5-3-10-2-4-12(16)13(17)6-10/h2,4,6,9,11H,3,5,7-8H2,1H3,(H,20,21)/t9-,11-/m1/s1. The van der Waals surface area contributed by atoms with Crippen molar-refractivity contribution in [1.82, 2.24) is 4.90 Å². The lowest BCUT2D eigenvalue weighted by molar-refractivity contribution is -0.142. The maximum absolute atomic E-state index is 12.2. The number of hydrogen-bond donors (Lipinski definition) is 1. The summed E-state index contributed by atoms with van der Waals surface area (Å²) in [6.07, 6.45) is 0.912. The van der Waals surface area contributed by atoms with E-state index in [9.17, 15) is 9.59 Å². The number of benzene rings is 1. The molecule has 1 aliphatic rings. The van der Waals surface area contributed by atoms with Gasteiger partial charge >= 0.3 is 5.97 Å². The maximum Gasteiger partial charge on any atom is 0.308 e. The van der Waals surface area contributed by atoms with Gasteiger partial charge in [-0.3, -0.25) is 9.59 Å². The minimum absolute atomic E-state index is 0.00331. The molecule has 0 aliphatic carbocycles. The minimum atomic E-state index is -0.831. The van der Waals surface area contributed by atoms with E-state index in [4.69, 9.17) is 28.3 Å². The Labute approximate surface area is 133 Å². The second-order valence-electron chi connectivity index (χ2n) is 5.47. The zero-order valence-electron chi connectivity index (χ0n) is 11.7. The number of carboxylic acids is 1. The first-order chi connectivity index (χ1) is 9.88. The van der Waals surface area contributed by atoms with Gasteiger partial charge in [-0.2, -0.15) is 0 Å². The predicted octanol–water partition coefficient (Wildman–Crippen LogP) is 3.11. The Morgan fingerprint density at radius 3 is 2.57 bits per heavy atom. The third-order valence-corrected chi connectivity index (χ3v) is 4.63. The van der Waals surface area contributed by atoms with Gasteiger partial charge in [-0.1, -0.05) is 36.2 Å². The fraction of sp³-hybridized carbons (Fsp3) is 0.467. The van der Waals surface area contributed by atoms with Crippen molar-refractivity contribution < 1.29 is 14.7 Å². The summed E-state index contributed by atoms with van der Waals surface area (Å²) in [5.41, 5.74) is 0.944. The summed E-state index contributed by atoms with van der Waals surface area (Å²) in [5.74, 6) is -1.31. The van der Waals surface area contributed by atoms with E-state index in [2.05, 4.69) is 0 Å². The Hall–Kier alpha value is -1.26. The summed E-state index contributed by atoms with van der Waals surface area (Å²) < 4.78 is 0. The number of aliphatic carboxylic acids is 1. The third kappa shape index (κ3) is 3.89. The molecule has 0 radical (unpaired) electrons. The molecular weight excluding hydrogens is 313 g/mol. The zero-order chi connectivity index (χ0) is 15.6. The third-order valence-electron chi connectivity index (χ3n) is 3.89. The SMILES string of the molecule is C[C@@H]1CN(C(=O)CCc2ccc(Cl)c(Cl)c2)C[C@H]1C(=O)O. The smallest absolute Gasteiger partial charge is 0.308 e. The first-order valence-electron chi connectivity index (χ1n) is 6.83. The monoisotopic (exact) mass is 329 g/mol. The second kappa shape index (κ2) is 6.67. The average molecular weight is 330 g/mol. The van der Waals surface area contributed by atoms with E-state index >= 15 is 0 Å². The van der Waals surface area contributed by atoms with E-state index < -0.39 is 11.9 Å². The summed E-state index contributed by atoms with van der Waals surface area (Å²) in [4.78, 5) is 24.9. The topological polar surface area (TPSA) is 57.6 Å². The lowest BCUT2D eigenvalue weighted by Crippen LogP contribution is -2.30. The van der Waals surface area contributed by atoms with Gasteiger partial charge in [-0.15, -0.1) is 0 Å². The van der Waals surface area contributed by atoms with Gasteiger partial charge in [-0.25, -0.2) is 0 Å². The number of nitrogens with zero attached hydrogens (tertiary/aromatic N) is 1. The Bertz CT molecular complexity index is 562. The summed E-state index contributed by atoms with van der Waals surface area (Å²) in [6, 6.07) is 5.31. The van der Waals surface area contributed by atoms with Crippen LogP contribution in [-0.2, 0) is 16.0 Å². The van der Waals surface area contributed by atoms with Crippen molar-refractivity contribution in [1.29, 1.82) is 0 Å². The van der Waals surface area contributed by atoms with Crippen molar-refractivity contribution in [3.05, 3.63) is 33.8 Å². The van der Waals surface area contributed by atoms with Crippen molar-refractivity contribution in [3.8, 4) is 0 Å². The van der Waals surface area contributed by atoms with E-state index in [-0.39, 0.29) is 11.8 Å². The number of amides is 1. The molecule has 0 unspecified atom stereocenters. The molecule has 1 saturated heterocycles. The molecule has 0 bridgehead atoms. The lowest BCUT2D eigenvalue weighted by atomic mass is 9.99. The van der Waals surface area contributed by atoms with Crippen molar-refractivity contribution in [2.45, 2.75) is 19.8 Å². The van der Waals surface area contributed by atoms with Gasteiger partial charge in [0.25, 0.3) is 0 Å². The number of aryl methyl sites for hydroxylation is 1. The molecule has 1 aromatic rings. The molecule has 1 aliphatic heterocycles. The number of carboxylic acid groups (broad SMARTS) is 1. The van der Waals surface area contributed by atoms with E-state index in [1.165, 1.54) is 0 Å². The van der Waals surface area contributed by atoms with Crippen molar-refractivity contribution >= 4 is 35.1 Å². The number of carbonyl (C=O) groups is 2. The van der Waals surface area contributed by atoms with Gasteiger partial charge in [0, 0.05) is 19.5 Å². The van der Waals surface area contributed by atoms with Crippen molar-refractivity contribution in [2.24, 2.45) is 11.8 Å². The Kier molecular flexibility index (Phi) is 5.12. The van der Waals surface area contributed by atoms with Crippen LogP contribution in [0.5, 0.6) is 0 Å². The Morgan fingerprint density at radius 2 is 2.00 bits per heavy atom. The predicted molar refractivity (Wildman–Crippen MR) is 81.7 cm³/mol. The van der Waals surface area contributed by atoms with Gasteiger partial charge in [0.1, 0.15) is 0 Å².